The topological polar surface area (TPSA) is 35.5 Å². The molecule has 144 valence electrons. The van der Waals surface area contributed by atoms with Crippen molar-refractivity contribution in [1.29, 1.82) is 0 Å². The van der Waals surface area contributed by atoms with Gasteiger partial charge in [0.25, 0.3) is 0 Å². The molecule has 0 fully saturated rings. The molecule has 0 heterocycles. The molecule has 0 radical (unpaired) electrons. The normalized spacial score (nSPS) is 11.5. The molecule has 0 saturated carbocycles. The Kier molecular flexibility index (Phi) is 15.2. The zero-order valence-corrected chi connectivity index (χ0v) is 16.8. The largest absolute Gasteiger partial charge is 0.508 e. The average molecular weight is 345 g/mol. The highest BCUT2D eigenvalue weighted by molar-refractivity contribution is 5.59. The molecule has 0 aromatic rings. The molecule has 4 heteroatoms. The standard InChI is InChI=1S/C20H42NO3/c1-5-6-7-8-9-10-11-12-13-15-18-23-20(22)24-19-16-14-17-21(2,3)4/h5-19H2,1-4H3/q+1. The summed E-state index contributed by atoms with van der Waals surface area (Å²) in [5.74, 6) is 0. The van der Waals surface area contributed by atoms with Gasteiger partial charge in [-0.05, 0) is 19.3 Å². The maximum atomic E-state index is 11.4. The second-order valence-corrected chi connectivity index (χ2v) is 7.85. The Morgan fingerprint density at radius 1 is 0.667 bits per heavy atom. The van der Waals surface area contributed by atoms with Gasteiger partial charge in [-0.1, -0.05) is 64.7 Å². The number of unbranched alkanes of at least 4 members (excludes halogenated alkanes) is 10. The lowest BCUT2D eigenvalue weighted by molar-refractivity contribution is -0.870. The molecule has 0 amide bonds. The van der Waals surface area contributed by atoms with Crippen LogP contribution in [0.5, 0.6) is 0 Å². The van der Waals surface area contributed by atoms with E-state index in [2.05, 4.69) is 28.1 Å². The fourth-order valence-electron chi connectivity index (χ4n) is 2.63. The van der Waals surface area contributed by atoms with Crippen LogP contribution < -0.4 is 0 Å². The third kappa shape index (κ3) is 19.3. The fourth-order valence-corrected chi connectivity index (χ4v) is 2.63. The van der Waals surface area contributed by atoms with E-state index in [4.69, 9.17) is 9.47 Å². The summed E-state index contributed by atoms with van der Waals surface area (Å²) in [7, 11) is 6.50. The Labute approximate surface area is 150 Å². The molecule has 0 aliphatic rings. The van der Waals surface area contributed by atoms with Gasteiger partial charge in [-0.3, -0.25) is 0 Å². The van der Waals surface area contributed by atoms with E-state index in [1.165, 1.54) is 51.4 Å². The van der Waals surface area contributed by atoms with E-state index in [0.29, 0.717) is 13.2 Å². The number of rotatable bonds is 16. The van der Waals surface area contributed by atoms with Gasteiger partial charge in [0.2, 0.25) is 0 Å². The molecule has 0 spiro atoms. The monoisotopic (exact) mass is 344 g/mol. The number of carbonyl (C=O) groups is 1. The molecule has 0 unspecified atom stereocenters. The lowest BCUT2D eigenvalue weighted by atomic mass is 10.1. The van der Waals surface area contributed by atoms with Crippen molar-refractivity contribution >= 4 is 6.16 Å². The SMILES string of the molecule is CCCCCCCCCCCCOC(=O)OCCCC[N+](C)(C)C. The van der Waals surface area contributed by atoms with Crippen LogP contribution in [0.4, 0.5) is 4.79 Å². The molecule has 0 bridgehead atoms. The quantitative estimate of drug-likeness (QED) is 0.209. The third-order valence-corrected chi connectivity index (χ3v) is 4.16. The molecule has 0 aromatic heterocycles. The summed E-state index contributed by atoms with van der Waals surface area (Å²) < 4.78 is 11.1. The van der Waals surface area contributed by atoms with Crippen molar-refractivity contribution in [2.75, 3.05) is 40.9 Å². The summed E-state index contributed by atoms with van der Waals surface area (Å²) in [5.41, 5.74) is 0. The highest BCUT2D eigenvalue weighted by Crippen LogP contribution is 2.10. The Morgan fingerprint density at radius 2 is 1.08 bits per heavy atom. The number of nitrogens with zero attached hydrogens (tertiary/aromatic N) is 1. The first kappa shape index (κ1) is 23.2. The second-order valence-electron chi connectivity index (χ2n) is 7.85. The highest BCUT2D eigenvalue weighted by atomic mass is 16.7. The number of carbonyl (C=O) groups excluding carboxylic acids is 1. The van der Waals surface area contributed by atoms with Crippen molar-refractivity contribution in [3.63, 3.8) is 0 Å². The number of quaternary nitrogens is 1. The van der Waals surface area contributed by atoms with E-state index in [1.807, 2.05) is 0 Å². The van der Waals surface area contributed by atoms with Crippen molar-refractivity contribution in [2.24, 2.45) is 0 Å². The average Bonchev–Trinajstić information content (AvgIpc) is 2.51. The van der Waals surface area contributed by atoms with Crippen LogP contribution in [0.3, 0.4) is 0 Å². The minimum Gasteiger partial charge on any atom is -0.434 e. The third-order valence-electron chi connectivity index (χ3n) is 4.16. The van der Waals surface area contributed by atoms with Crippen LogP contribution in [-0.4, -0.2) is 51.5 Å². The first-order valence-corrected chi connectivity index (χ1v) is 10.1. The zero-order valence-electron chi connectivity index (χ0n) is 16.8. The van der Waals surface area contributed by atoms with Crippen LogP contribution >= 0.6 is 0 Å². The second kappa shape index (κ2) is 15.7. The van der Waals surface area contributed by atoms with Crippen LogP contribution in [0.25, 0.3) is 0 Å². The molecule has 0 aliphatic carbocycles. The maximum Gasteiger partial charge on any atom is 0.508 e. The Hall–Kier alpha value is -0.770. The van der Waals surface area contributed by atoms with Crippen LogP contribution in [0.15, 0.2) is 0 Å². The summed E-state index contributed by atoms with van der Waals surface area (Å²) in [6, 6.07) is 0. The van der Waals surface area contributed by atoms with Gasteiger partial charge in [0.05, 0.1) is 40.9 Å². The van der Waals surface area contributed by atoms with E-state index in [9.17, 15) is 4.79 Å². The van der Waals surface area contributed by atoms with Gasteiger partial charge in [-0.15, -0.1) is 0 Å². The highest BCUT2D eigenvalue weighted by Gasteiger charge is 2.07. The van der Waals surface area contributed by atoms with E-state index < -0.39 is 6.16 Å². The van der Waals surface area contributed by atoms with Gasteiger partial charge in [0, 0.05) is 0 Å². The van der Waals surface area contributed by atoms with Gasteiger partial charge in [0.15, 0.2) is 0 Å². The van der Waals surface area contributed by atoms with Crippen molar-refractivity contribution in [3.8, 4) is 0 Å². The van der Waals surface area contributed by atoms with Crippen LogP contribution in [0, 0.1) is 0 Å². The molecule has 4 nitrogen and oxygen atoms in total. The number of hydrogen-bond donors (Lipinski definition) is 0. The minimum atomic E-state index is -0.504. The van der Waals surface area contributed by atoms with E-state index in [-0.39, 0.29) is 0 Å². The van der Waals surface area contributed by atoms with Crippen molar-refractivity contribution in [1.82, 2.24) is 0 Å². The number of hydrogen-bond acceptors (Lipinski definition) is 3. The minimum absolute atomic E-state index is 0.469. The van der Waals surface area contributed by atoms with E-state index in [1.54, 1.807) is 0 Å². The van der Waals surface area contributed by atoms with Gasteiger partial charge >= 0.3 is 6.16 Å². The zero-order chi connectivity index (χ0) is 18.1. The van der Waals surface area contributed by atoms with Crippen LogP contribution in [0.2, 0.25) is 0 Å². The molecule has 0 atom stereocenters. The van der Waals surface area contributed by atoms with Crippen LogP contribution in [0.1, 0.15) is 84.0 Å². The molecule has 0 saturated heterocycles. The van der Waals surface area contributed by atoms with Gasteiger partial charge in [-0.25, -0.2) is 4.79 Å². The summed E-state index contributed by atoms with van der Waals surface area (Å²) in [4.78, 5) is 11.4. The predicted octanol–water partition coefficient (Wildman–Crippen LogP) is 5.55. The summed E-state index contributed by atoms with van der Waals surface area (Å²) in [6.07, 6.45) is 14.3. The molecule has 0 N–H and O–H groups in total. The van der Waals surface area contributed by atoms with E-state index in [0.717, 1.165) is 36.7 Å². The summed E-state index contributed by atoms with van der Waals surface area (Å²) in [6.45, 7) is 4.31. The summed E-state index contributed by atoms with van der Waals surface area (Å²) >= 11 is 0. The molecule has 0 rings (SSSR count). The lowest BCUT2D eigenvalue weighted by Crippen LogP contribution is -2.35. The fraction of sp³-hybridized carbons (Fsp3) is 0.950. The first-order chi connectivity index (χ1) is 11.5. The molecule has 0 aromatic carbocycles. The lowest BCUT2D eigenvalue weighted by Gasteiger charge is -2.23. The molecular formula is C20H42NO3+. The Balaban J connectivity index is 3.21. The first-order valence-electron chi connectivity index (χ1n) is 10.1. The molecular weight excluding hydrogens is 302 g/mol. The van der Waals surface area contributed by atoms with Crippen LogP contribution in [-0.2, 0) is 9.47 Å². The van der Waals surface area contributed by atoms with E-state index >= 15 is 0 Å². The smallest absolute Gasteiger partial charge is 0.434 e. The molecule has 24 heavy (non-hydrogen) atoms. The maximum absolute atomic E-state index is 11.4. The Bertz CT molecular complexity index is 287. The van der Waals surface area contributed by atoms with Gasteiger partial charge in [0.1, 0.15) is 0 Å². The number of ether oxygens (including phenoxy) is 2. The predicted molar refractivity (Wildman–Crippen MR) is 101 cm³/mol. The Morgan fingerprint density at radius 3 is 1.54 bits per heavy atom. The molecule has 0 aliphatic heterocycles. The van der Waals surface area contributed by atoms with Gasteiger partial charge in [-0.2, -0.15) is 0 Å². The van der Waals surface area contributed by atoms with Crippen molar-refractivity contribution < 1.29 is 18.8 Å². The van der Waals surface area contributed by atoms with Crippen molar-refractivity contribution in [3.05, 3.63) is 0 Å². The van der Waals surface area contributed by atoms with Crippen molar-refractivity contribution in [2.45, 2.75) is 84.0 Å². The van der Waals surface area contributed by atoms with Gasteiger partial charge < -0.3 is 14.0 Å². The summed E-state index contributed by atoms with van der Waals surface area (Å²) in [5, 5.41) is 0.